The maximum absolute atomic E-state index is 12.7. The third kappa shape index (κ3) is 4.83. The molecule has 26 heavy (non-hydrogen) atoms. The van der Waals surface area contributed by atoms with Gasteiger partial charge in [-0.15, -0.1) is 0 Å². The summed E-state index contributed by atoms with van der Waals surface area (Å²) in [7, 11) is 0. The van der Waals surface area contributed by atoms with E-state index >= 15 is 0 Å². The fourth-order valence-electron chi connectivity index (χ4n) is 2.07. The first-order chi connectivity index (χ1) is 12.5. The Morgan fingerprint density at radius 1 is 0.885 bits per heavy atom. The average molecular weight is 357 g/mol. The number of anilines is 1. The summed E-state index contributed by atoms with van der Waals surface area (Å²) in [5.74, 6) is 0.261. The van der Waals surface area contributed by atoms with Crippen LogP contribution in [-0.2, 0) is 6.18 Å². The molecule has 7 heteroatoms. The second kappa shape index (κ2) is 7.69. The molecule has 4 nitrogen and oxygen atoms in total. The maximum atomic E-state index is 12.7. The fourth-order valence-corrected chi connectivity index (χ4v) is 2.07. The molecule has 0 spiro atoms. The van der Waals surface area contributed by atoms with E-state index in [0.29, 0.717) is 5.75 Å². The normalized spacial score (nSPS) is 11.5. The summed E-state index contributed by atoms with van der Waals surface area (Å²) in [5, 5.41) is 4.11. The summed E-state index contributed by atoms with van der Waals surface area (Å²) in [5.41, 5.74) is 3.56. The largest absolute Gasteiger partial charge is 0.439 e. The van der Waals surface area contributed by atoms with Gasteiger partial charge >= 0.3 is 6.18 Å². The van der Waals surface area contributed by atoms with Crippen LogP contribution in [-0.4, -0.2) is 11.2 Å². The Labute approximate surface area is 148 Å². The minimum Gasteiger partial charge on any atom is -0.439 e. The number of benzene rings is 2. The summed E-state index contributed by atoms with van der Waals surface area (Å²) in [6, 6.07) is 19.7. The van der Waals surface area contributed by atoms with Gasteiger partial charge in [0.2, 0.25) is 5.88 Å². The van der Waals surface area contributed by atoms with Crippen molar-refractivity contribution in [2.75, 3.05) is 5.43 Å². The number of alkyl halides is 3. The summed E-state index contributed by atoms with van der Waals surface area (Å²) < 4.78 is 43.4. The first-order valence-electron chi connectivity index (χ1n) is 7.67. The molecule has 1 aromatic heterocycles. The molecule has 0 amide bonds. The van der Waals surface area contributed by atoms with Crippen molar-refractivity contribution in [1.29, 1.82) is 0 Å². The number of rotatable bonds is 5. The van der Waals surface area contributed by atoms with Gasteiger partial charge in [0.25, 0.3) is 0 Å². The lowest BCUT2D eigenvalue weighted by atomic mass is 10.2. The number of hydrogen-bond acceptors (Lipinski definition) is 4. The maximum Gasteiger partial charge on any atom is 0.433 e. The lowest BCUT2D eigenvalue weighted by molar-refractivity contribution is -0.141. The molecule has 3 rings (SSSR count). The van der Waals surface area contributed by atoms with Crippen molar-refractivity contribution in [1.82, 2.24) is 4.98 Å². The molecule has 0 saturated carbocycles. The number of hydrogen-bond donors (Lipinski definition) is 1. The van der Waals surface area contributed by atoms with Gasteiger partial charge in [0, 0.05) is 6.07 Å². The van der Waals surface area contributed by atoms with E-state index in [1.165, 1.54) is 12.1 Å². The highest BCUT2D eigenvalue weighted by atomic mass is 19.4. The number of nitrogens with one attached hydrogen (secondary N) is 1. The average Bonchev–Trinajstić information content (AvgIpc) is 2.64. The smallest absolute Gasteiger partial charge is 0.433 e. The Hall–Kier alpha value is -3.35. The van der Waals surface area contributed by atoms with Crippen LogP contribution in [0, 0.1) is 0 Å². The number of nitrogens with zero attached hydrogens (tertiary/aromatic N) is 2. The SMILES string of the molecule is FC(F)(F)c1cccc(Oc2ccc(C=NNc3ccccc3)cc2)n1. The van der Waals surface area contributed by atoms with Crippen LogP contribution in [0.15, 0.2) is 77.9 Å². The van der Waals surface area contributed by atoms with Crippen LogP contribution in [0.3, 0.4) is 0 Å². The molecule has 1 N–H and O–H groups in total. The molecule has 0 aliphatic carbocycles. The molecular formula is C19H14F3N3O. The van der Waals surface area contributed by atoms with Crippen LogP contribution in [0.25, 0.3) is 0 Å². The van der Waals surface area contributed by atoms with Gasteiger partial charge in [-0.25, -0.2) is 4.98 Å². The topological polar surface area (TPSA) is 46.5 Å². The number of pyridine rings is 1. The molecule has 0 radical (unpaired) electrons. The Morgan fingerprint density at radius 2 is 1.62 bits per heavy atom. The van der Waals surface area contributed by atoms with Crippen LogP contribution in [0.2, 0.25) is 0 Å². The number of ether oxygens (including phenoxy) is 1. The van der Waals surface area contributed by atoms with Crippen LogP contribution < -0.4 is 10.2 Å². The van der Waals surface area contributed by atoms with Gasteiger partial charge in [-0.1, -0.05) is 24.3 Å². The van der Waals surface area contributed by atoms with Crippen LogP contribution >= 0.6 is 0 Å². The summed E-state index contributed by atoms with van der Waals surface area (Å²) in [6.45, 7) is 0. The van der Waals surface area contributed by atoms with Gasteiger partial charge in [0.05, 0.1) is 11.9 Å². The number of para-hydroxylation sites is 1. The quantitative estimate of drug-likeness (QED) is 0.495. The van der Waals surface area contributed by atoms with Crippen molar-refractivity contribution in [2.45, 2.75) is 6.18 Å². The molecule has 0 aliphatic rings. The van der Waals surface area contributed by atoms with Crippen molar-refractivity contribution >= 4 is 11.9 Å². The van der Waals surface area contributed by atoms with Crippen molar-refractivity contribution in [3.05, 3.63) is 84.1 Å². The summed E-state index contributed by atoms with van der Waals surface area (Å²) in [4.78, 5) is 3.46. The zero-order chi connectivity index (χ0) is 18.4. The predicted molar refractivity (Wildman–Crippen MR) is 93.4 cm³/mol. The fraction of sp³-hybridized carbons (Fsp3) is 0.0526. The van der Waals surface area contributed by atoms with E-state index in [1.807, 2.05) is 30.3 Å². The molecule has 0 saturated heterocycles. The molecule has 1 heterocycles. The monoisotopic (exact) mass is 357 g/mol. The van der Waals surface area contributed by atoms with E-state index in [9.17, 15) is 13.2 Å². The molecule has 0 bridgehead atoms. The van der Waals surface area contributed by atoms with Crippen LogP contribution in [0.1, 0.15) is 11.3 Å². The van der Waals surface area contributed by atoms with Gasteiger partial charge in [0.15, 0.2) is 0 Å². The molecule has 3 aromatic rings. The van der Waals surface area contributed by atoms with Gasteiger partial charge in [-0.2, -0.15) is 18.3 Å². The van der Waals surface area contributed by atoms with E-state index in [2.05, 4.69) is 15.5 Å². The molecule has 132 valence electrons. The first-order valence-corrected chi connectivity index (χ1v) is 7.67. The highest BCUT2D eigenvalue weighted by molar-refractivity contribution is 5.80. The second-order valence-corrected chi connectivity index (χ2v) is 5.27. The van der Waals surface area contributed by atoms with E-state index in [4.69, 9.17) is 4.74 Å². The van der Waals surface area contributed by atoms with Crippen LogP contribution in [0.4, 0.5) is 18.9 Å². The minimum atomic E-state index is -4.51. The van der Waals surface area contributed by atoms with Crippen molar-refractivity contribution in [3.63, 3.8) is 0 Å². The molecule has 0 atom stereocenters. The lowest BCUT2D eigenvalue weighted by Gasteiger charge is -2.08. The highest BCUT2D eigenvalue weighted by Crippen LogP contribution is 2.29. The third-order valence-electron chi connectivity index (χ3n) is 3.30. The van der Waals surface area contributed by atoms with Crippen molar-refractivity contribution < 1.29 is 17.9 Å². The Bertz CT molecular complexity index is 879. The first kappa shape index (κ1) is 17.5. The molecule has 0 aliphatic heterocycles. The zero-order valence-corrected chi connectivity index (χ0v) is 13.4. The molecular weight excluding hydrogens is 343 g/mol. The van der Waals surface area contributed by atoms with Gasteiger partial charge < -0.3 is 4.74 Å². The number of hydrazone groups is 1. The number of halogens is 3. The molecule has 0 unspecified atom stereocenters. The molecule has 0 fully saturated rings. The lowest BCUT2D eigenvalue weighted by Crippen LogP contribution is -2.07. The Morgan fingerprint density at radius 3 is 2.31 bits per heavy atom. The summed E-state index contributed by atoms with van der Waals surface area (Å²) in [6.07, 6.45) is -2.88. The number of aromatic nitrogens is 1. The van der Waals surface area contributed by atoms with Crippen molar-refractivity contribution in [2.24, 2.45) is 5.10 Å². The van der Waals surface area contributed by atoms with E-state index in [0.717, 1.165) is 17.3 Å². The molecule has 2 aromatic carbocycles. The van der Waals surface area contributed by atoms with Crippen molar-refractivity contribution in [3.8, 4) is 11.6 Å². The van der Waals surface area contributed by atoms with Gasteiger partial charge in [-0.3, -0.25) is 5.43 Å². The summed E-state index contributed by atoms with van der Waals surface area (Å²) >= 11 is 0. The minimum absolute atomic E-state index is 0.119. The van der Waals surface area contributed by atoms with Gasteiger partial charge in [-0.05, 0) is 48.0 Å². The highest BCUT2D eigenvalue weighted by Gasteiger charge is 2.32. The Balaban J connectivity index is 1.63. The predicted octanol–water partition coefficient (Wildman–Crippen LogP) is 5.34. The van der Waals surface area contributed by atoms with E-state index in [-0.39, 0.29) is 5.88 Å². The third-order valence-corrected chi connectivity index (χ3v) is 3.30. The van der Waals surface area contributed by atoms with E-state index < -0.39 is 11.9 Å². The second-order valence-electron chi connectivity index (χ2n) is 5.27. The van der Waals surface area contributed by atoms with E-state index in [1.54, 1.807) is 30.5 Å². The standard InChI is InChI=1S/C19H14F3N3O/c20-19(21,22)17-7-4-8-18(24-17)26-16-11-9-14(10-12-16)13-23-25-15-5-2-1-3-6-15/h1-13,25H. The van der Waals surface area contributed by atoms with Gasteiger partial charge in [0.1, 0.15) is 11.4 Å². The van der Waals surface area contributed by atoms with Crippen LogP contribution in [0.5, 0.6) is 11.6 Å². The zero-order valence-electron chi connectivity index (χ0n) is 13.4. The Kier molecular flexibility index (Phi) is 5.17.